The summed E-state index contributed by atoms with van der Waals surface area (Å²) in [5.41, 5.74) is -0.101. The number of aryl methyl sites for hydroxylation is 1. The molecule has 0 bridgehead atoms. The molecular weight excluding hydrogens is 244 g/mol. The standard InChI is InChI=1S/C13H22N4O2/c1-2-3-4-5-6-9-16-13(18)17(15-14-16)12-7-10-19-11-8-12/h4-5,12H,2-3,6-11H2,1H3/b5-4+. The molecule has 106 valence electrons. The average molecular weight is 266 g/mol. The highest BCUT2D eigenvalue weighted by Gasteiger charge is 2.20. The van der Waals surface area contributed by atoms with E-state index >= 15 is 0 Å². The van der Waals surface area contributed by atoms with Crippen LogP contribution in [0.5, 0.6) is 0 Å². The largest absolute Gasteiger partial charge is 0.381 e. The van der Waals surface area contributed by atoms with Gasteiger partial charge in [0.25, 0.3) is 0 Å². The molecule has 0 spiro atoms. The van der Waals surface area contributed by atoms with E-state index in [0.717, 1.165) is 32.1 Å². The first kappa shape index (κ1) is 14.0. The summed E-state index contributed by atoms with van der Waals surface area (Å²) < 4.78 is 8.25. The number of tetrazole rings is 1. The molecule has 1 aliphatic rings. The molecule has 1 saturated heterocycles. The van der Waals surface area contributed by atoms with Crippen molar-refractivity contribution in [2.24, 2.45) is 0 Å². The Morgan fingerprint density at radius 1 is 1.26 bits per heavy atom. The van der Waals surface area contributed by atoms with Crippen LogP contribution in [-0.4, -0.2) is 33.0 Å². The number of hydrogen-bond acceptors (Lipinski definition) is 4. The van der Waals surface area contributed by atoms with Crippen LogP contribution in [0.2, 0.25) is 0 Å². The van der Waals surface area contributed by atoms with Gasteiger partial charge in [-0.15, -0.1) is 0 Å². The third-order valence-electron chi connectivity index (χ3n) is 3.33. The molecule has 1 fully saturated rings. The van der Waals surface area contributed by atoms with E-state index in [1.165, 1.54) is 9.36 Å². The number of aromatic nitrogens is 4. The van der Waals surface area contributed by atoms with E-state index in [1.54, 1.807) is 0 Å². The summed E-state index contributed by atoms with van der Waals surface area (Å²) in [6.45, 7) is 4.14. The fourth-order valence-electron chi connectivity index (χ4n) is 2.18. The van der Waals surface area contributed by atoms with E-state index in [4.69, 9.17) is 4.74 Å². The van der Waals surface area contributed by atoms with E-state index in [0.29, 0.717) is 19.8 Å². The molecule has 0 saturated carbocycles. The van der Waals surface area contributed by atoms with Gasteiger partial charge in [-0.05, 0) is 36.1 Å². The van der Waals surface area contributed by atoms with Gasteiger partial charge in [0.15, 0.2) is 0 Å². The van der Waals surface area contributed by atoms with Gasteiger partial charge >= 0.3 is 5.69 Å². The van der Waals surface area contributed by atoms with Crippen molar-refractivity contribution in [3.8, 4) is 0 Å². The molecule has 0 N–H and O–H groups in total. The lowest BCUT2D eigenvalue weighted by atomic mass is 10.1. The van der Waals surface area contributed by atoms with E-state index in [-0.39, 0.29) is 11.7 Å². The number of rotatable bonds is 6. The first-order valence-corrected chi connectivity index (χ1v) is 7.08. The summed E-state index contributed by atoms with van der Waals surface area (Å²) in [6, 6.07) is 0.144. The summed E-state index contributed by atoms with van der Waals surface area (Å²) in [5.74, 6) is 0. The van der Waals surface area contributed by atoms with Crippen LogP contribution in [0.4, 0.5) is 0 Å². The van der Waals surface area contributed by atoms with Gasteiger partial charge in [-0.25, -0.2) is 4.79 Å². The molecule has 6 heteroatoms. The minimum Gasteiger partial charge on any atom is -0.381 e. The van der Waals surface area contributed by atoms with Crippen molar-refractivity contribution < 1.29 is 4.74 Å². The quantitative estimate of drug-likeness (QED) is 0.733. The van der Waals surface area contributed by atoms with Gasteiger partial charge in [0, 0.05) is 13.2 Å². The second kappa shape index (κ2) is 7.23. The maximum absolute atomic E-state index is 12.1. The Bertz CT molecular complexity index is 457. The first-order chi connectivity index (χ1) is 9.33. The van der Waals surface area contributed by atoms with Gasteiger partial charge in [0.2, 0.25) is 0 Å². The molecule has 19 heavy (non-hydrogen) atoms. The van der Waals surface area contributed by atoms with Crippen molar-refractivity contribution >= 4 is 0 Å². The molecule has 0 aromatic carbocycles. The van der Waals surface area contributed by atoms with Crippen LogP contribution in [0, 0.1) is 0 Å². The smallest absolute Gasteiger partial charge is 0.363 e. The lowest BCUT2D eigenvalue weighted by Gasteiger charge is -2.20. The van der Waals surface area contributed by atoms with E-state index in [9.17, 15) is 4.79 Å². The Hall–Kier alpha value is -1.43. The highest BCUT2D eigenvalue weighted by Crippen LogP contribution is 2.17. The molecule has 2 rings (SSSR count). The fourth-order valence-corrected chi connectivity index (χ4v) is 2.18. The molecule has 1 aliphatic heterocycles. The minimum absolute atomic E-state index is 0.101. The van der Waals surface area contributed by atoms with Crippen LogP contribution >= 0.6 is 0 Å². The second-order valence-electron chi connectivity index (χ2n) is 4.82. The lowest BCUT2D eigenvalue weighted by Crippen LogP contribution is -2.31. The summed E-state index contributed by atoms with van der Waals surface area (Å²) in [4.78, 5) is 12.1. The molecule has 0 aliphatic carbocycles. The SMILES string of the molecule is CCC/C=C/CCn1nnn(C2CCOCC2)c1=O. The molecule has 1 aromatic rings. The summed E-state index contributed by atoms with van der Waals surface area (Å²) in [7, 11) is 0. The van der Waals surface area contributed by atoms with Crippen LogP contribution in [0.1, 0.15) is 45.1 Å². The number of nitrogens with zero attached hydrogens (tertiary/aromatic N) is 4. The van der Waals surface area contributed by atoms with Crippen LogP contribution in [0.3, 0.4) is 0 Å². The second-order valence-corrected chi connectivity index (χ2v) is 4.82. The molecule has 0 unspecified atom stereocenters. The average Bonchev–Trinajstić information content (AvgIpc) is 2.81. The van der Waals surface area contributed by atoms with Gasteiger partial charge in [0.05, 0.1) is 12.6 Å². The van der Waals surface area contributed by atoms with Gasteiger partial charge in [-0.1, -0.05) is 25.5 Å². The Balaban J connectivity index is 1.92. The van der Waals surface area contributed by atoms with E-state index in [1.807, 2.05) is 0 Å². The first-order valence-electron chi connectivity index (χ1n) is 7.08. The number of unbranched alkanes of at least 4 members (excludes halogenated alkanes) is 1. The fraction of sp³-hybridized carbons (Fsp3) is 0.769. The van der Waals surface area contributed by atoms with Crippen molar-refractivity contribution in [3.05, 3.63) is 22.6 Å². The van der Waals surface area contributed by atoms with Gasteiger partial charge in [-0.2, -0.15) is 9.36 Å². The Morgan fingerprint density at radius 2 is 2.00 bits per heavy atom. The molecule has 2 heterocycles. The van der Waals surface area contributed by atoms with Gasteiger partial charge in [0.1, 0.15) is 0 Å². The molecular formula is C13H22N4O2. The summed E-state index contributed by atoms with van der Waals surface area (Å²) >= 11 is 0. The minimum atomic E-state index is -0.101. The molecule has 0 atom stereocenters. The maximum Gasteiger partial charge on any atom is 0.363 e. The number of hydrogen-bond donors (Lipinski definition) is 0. The third kappa shape index (κ3) is 3.76. The zero-order chi connectivity index (χ0) is 13.5. The summed E-state index contributed by atoms with van der Waals surface area (Å²) in [6.07, 6.45) is 8.99. The highest BCUT2D eigenvalue weighted by atomic mass is 16.5. The monoisotopic (exact) mass is 266 g/mol. The highest BCUT2D eigenvalue weighted by molar-refractivity contribution is 4.81. The maximum atomic E-state index is 12.1. The van der Waals surface area contributed by atoms with E-state index in [2.05, 4.69) is 29.5 Å². The third-order valence-corrected chi connectivity index (χ3v) is 3.33. The van der Waals surface area contributed by atoms with Crippen molar-refractivity contribution in [3.63, 3.8) is 0 Å². The van der Waals surface area contributed by atoms with Crippen LogP contribution in [-0.2, 0) is 11.3 Å². The summed E-state index contributed by atoms with van der Waals surface area (Å²) in [5, 5.41) is 7.94. The zero-order valence-electron chi connectivity index (χ0n) is 11.5. The topological polar surface area (TPSA) is 61.9 Å². The Labute approximate surface area is 113 Å². The molecule has 6 nitrogen and oxygen atoms in total. The number of ether oxygens (including phenoxy) is 1. The predicted octanol–water partition coefficient (Wildman–Crippen LogP) is 1.54. The number of allylic oxidation sites excluding steroid dienone is 2. The zero-order valence-corrected chi connectivity index (χ0v) is 11.5. The van der Waals surface area contributed by atoms with E-state index < -0.39 is 0 Å². The van der Waals surface area contributed by atoms with Crippen molar-refractivity contribution in [2.45, 2.75) is 51.6 Å². The Morgan fingerprint density at radius 3 is 2.74 bits per heavy atom. The molecule has 1 aromatic heterocycles. The predicted molar refractivity (Wildman–Crippen MR) is 72.0 cm³/mol. The van der Waals surface area contributed by atoms with Crippen LogP contribution in [0.25, 0.3) is 0 Å². The Kier molecular flexibility index (Phi) is 5.32. The molecule has 0 amide bonds. The van der Waals surface area contributed by atoms with Crippen molar-refractivity contribution in [1.82, 2.24) is 19.8 Å². The van der Waals surface area contributed by atoms with Gasteiger partial charge < -0.3 is 4.74 Å². The van der Waals surface area contributed by atoms with Gasteiger partial charge in [-0.3, -0.25) is 0 Å². The normalized spacial score (nSPS) is 17.3. The molecule has 0 radical (unpaired) electrons. The van der Waals surface area contributed by atoms with Crippen molar-refractivity contribution in [1.29, 1.82) is 0 Å². The van der Waals surface area contributed by atoms with Crippen LogP contribution < -0.4 is 5.69 Å². The lowest BCUT2D eigenvalue weighted by molar-refractivity contribution is 0.0647. The van der Waals surface area contributed by atoms with Crippen molar-refractivity contribution in [2.75, 3.05) is 13.2 Å². The van der Waals surface area contributed by atoms with Crippen LogP contribution in [0.15, 0.2) is 16.9 Å².